The van der Waals surface area contributed by atoms with Gasteiger partial charge in [0.1, 0.15) is 0 Å². The summed E-state index contributed by atoms with van der Waals surface area (Å²) in [7, 11) is 0. The lowest BCUT2D eigenvalue weighted by atomic mass is 10.2. The largest absolute Gasteiger partial charge is 0.366 e. The Kier molecular flexibility index (Phi) is 2.59. The van der Waals surface area contributed by atoms with Gasteiger partial charge in [0.2, 0.25) is 0 Å². The third-order valence-corrected chi connectivity index (χ3v) is 2.49. The maximum absolute atomic E-state index is 8.83. The van der Waals surface area contributed by atoms with Crippen LogP contribution >= 0.6 is 0 Å². The maximum atomic E-state index is 8.83. The molecule has 0 unspecified atom stereocenters. The van der Waals surface area contributed by atoms with Crippen LogP contribution in [0, 0.1) is 11.3 Å². The molecule has 2 rings (SSSR count). The van der Waals surface area contributed by atoms with E-state index in [0.717, 1.165) is 24.6 Å². The number of allylic oxidation sites excluding steroid dienone is 1. The third kappa shape index (κ3) is 1.79. The summed E-state index contributed by atoms with van der Waals surface area (Å²) in [5.41, 5.74) is 2.94. The van der Waals surface area contributed by atoms with Crippen molar-refractivity contribution < 1.29 is 0 Å². The molecule has 1 aromatic rings. The number of benzene rings is 1. The Hall–Kier alpha value is -1.95. The summed E-state index contributed by atoms with van der Waals surface area (Å²) in [5.74, 6) is 0. The Balaban J connectivity index is 2.28. The average Bonchev–Trinajstić information content (AvgIpc) is 2.68. The van der Waals surface area contributed by atoms with Gasteiger partial charge in [0.15, 0.2) is 0 Å². The van der Waals surface area contributed by atoms with Crippen LogP contribution in [0.5, 0.6) is 0 Å². The SMILES string of the molecule is CC=CCN1CNc2ccc(C#N)cc21. The highest BCUT2D eigenvalue weighted by Gasteiger charge is 2.17. The van der Waals surface area contributed by atoms with Gasteiger partial charge < -0.3 is 10.2 Å². The van der Waals surface area contributed by atoms with Crippen LogP contribution in [0.25, 0.3) is 0 Å². The van der Waals surface area contributed by atoms with Gasteiger partial charge >= 0.3 is 0 Å². The lowest BCUT2D eigenvalue weighted by molar-refractivity contribution is 0.958. The zero-order valence-corrected chi connectivity index (χ0v) is 8.70. The lowest BCUT2D eigenvalue weighted by Gasteiger charge is -2.15. The average molecular weight is 199 g/mol. The van der Waals surface area contributed by atoms with Crippen LogP contribution in [0.15, 0.2) is 30.4 Å². The van der Waals surface area contributed by atoms with Gasteiger partial charge in [-0.1, -0.05) is 12.2 Å². The molecule has 76 valence electrons. The first kappa shape index (κ1) is 9.60. The van der Waals surface area contributed by atoms with Gasteiger partial charge in [-0.05, 0) is 25.1 Å². The highest BCUT2D eigenvalue weighted by molar-refractivity contribution is 5.76. The van der Waals surface area contributed by atoms with E-state index in [-0.39, 0.29) is 0 Å². The molecule has 0 aliphatic carbocycles. The Labute approximate surface area is 89.6 Å². The smallest absolute Gasteiger partial charge is 0.0992 e. The van der Waals surface area contributed by atoms with E-state index in [0.29, 0.717) is 5.56 Å². The molecule has 1 aliphatic heterocycles. The molecule has 15 heavy (non-hydrogen) atoms. The molecular formula is C12H13N3. The molecule has 0 atom stereocenters. The fourth-order valence-electron chi connectivity index (χ4n) is 1.67. The van der Waals surface area contributed by atoms with E-state index in [1.165, 1.54) is 0 Å². The van der Waals surface area contributed by atoms with Crippen molar-refractivity contribution in [3.63, 3.8) is 0 Å². The van der Waals surface area contributed by atoms with Gasteiger partial charge in [0.05, 0.1) is 29.7 Å². The van der Waals surface area contributed by atoms with E-state index in [2.05, 4.69) is 22.4 Å². The number of fused-ring (bicyclic) bond motifs is 1. The third-order valence-electron chi connectivity index (χ3n) is 2.49. The van der Waals surface area contributed by atoms with Crippen LogP contribution in [0.1, 0.15) is 12.5 Å². The van der Waals surface area contributed by atoms with Crippen LogP contribution < -0.4 is 10.2 Å². The molecule has 0 aromatic heterocycles. The molecule has 1 heterocycles. The minimum Gasteiger partial charge on any atom is -0.366 e. The van der Waals surface area contributed by atoms with E-state index >= 15 is 0 Å². The second kappa shape index (κ2) is 4.05. The molecule has 0 spiro atoms. The van der Waals surface area contributed by atoms with Crippen molar-refractivity contribution in [1.29, 1.82) is 5.26 Å². The van der Waals surface area contributed by atoms with Crippen molar-refractivity contribution in [1.82, 2.24) is 0 Å². The van der Waals surface area contributed by atoms with Crippen LogP contribution in [-0.2, 0) is 0 Å². The quantitative estimate of drug-likeness (QED) is 0.743. The van der Waals surface area contributed by atoms with Crippen LogP contribution in [0.2, 0.25) is 0 Å². The Morgan fingerprint density at radius 1 is 1.60 bits per heavy atom. The molecule has 0 radical (unpaired) electrons. The number of rotatable bonds is 2. The molecule has 1 aliphatic rings. The van der Waals surface area contributed by atoms with Crippen molar-refractivity contribution >= 4 is 11.4 Å². The van der Waals surface area contributed by atoms with Crippen molar-refractivity contribution in [3.05, 3.63) is 35.9 Å². The Bertz CT molecular complexity index is 429. The summed E-state index contributed by atoms with van der Waals surface area (Å²) in [6.07, 6.45) is 4.14. The van der Waals surface area contributed by atoms with Gasteiger partial charge in [-0.25, -0.2) is 0 Å². The number of hydrogen-bond acceptors (Lipinski definition) is 3. The zero-order chi connectivity index (χ0) is 10.7. The number of nitrogens with zero attached hydrogens (tertiary/aromatic N) is 2. The van der Waals surface area contributed by atoms with Gasteiger partial charge in [0, 0.05) is 6.54 Å². The van der Waals surface area contributed by atoms with Crippen LogP contribution in [0.4, 0.5) is 11.4 Å². The van der Waals surface area contributed by atoms with E-state index < -0.39 is 0 Å². The van der Waals surface area contributed by atoms with Gasteiger partial charge in [0.25, 0.3) is 0 Å². The molecular weight excluding hydrogens is 186 g/mol. The van der Waals surface area contributed by atoms with Crippen molar-refractivity contribution in [2.24, 2.45) is 0 Å². The Morgan fingerprint density at radius 3 is 3.20 bits per heavy atom. The molecule has 3 heteroatoms. The first-order chi connectivity index (χ1) is 7.35. The predicted molar refractivity (Wildman–Crippen MR) is 61.8 cm³/mol. The second-order valence-electron chi connectivity index (χ2n) is 3.47. The molecule has 0 saturated heterocycles. The number of nitrogens with one attached hydrogen (secondary N) is 1. The topological polar surface area (TPSA) is 39.1 Å². The first-order valence-electron chi connectivity index (χ1n) is 4.99. The van der Waals surface area contributed by atoms with E-state index in [1.54, 1.807) is 0 Å². The molecule has 0 fully saturated rings. The minimum absolute atomic E-state index is 0.711. The van der Waals surface area contributed by atoms with Gasteiger partial charge in [-0.3, -0.25) is 0 Å². The second-order valence-corrected chi connectivity index (χ2v) is 3.47. The molecule has 1 aromatic carbocycles. The lowest BCUT2D eigenvalue weighted by Crippen LogP contribution is -2.22. The molecule has 0 bridgehead atoms. The normalized spacial score (nSPS) is 13.7. The predicted octanol–water partition coefficient (Wildman–Crippen LogP) is 2.32. The van der Waals surface area contributed by atoms with E-state index in [4.69, 9.17) is 5.26 Å². The summed E-state index contributed by atoms with van der Waals surface area (Å²) in [6.45, 7) is 3.70. The van der Waals surface area contributed by atoms with Crippen molar-refractivity contribution in [2.45, 2.75) is 6.92 Å². The number of anilines is 2. The zero-order valence-electron chi connectivity index (χ0n) is 8.70. The summed E-state index contributed by atoms with van der Waals surface area (Å²) < 4.78 is 0. The van der Waals surface area contributed by atoms with E-state index in [1.807, 2.05) is 31.2 Å². The summed E-state index contributed by atoms with van der Waals surface area (Å²) in [4.78, 5) is 2.20. The molecule has 0 saturated carbocycles. The fraction of sp³-hybridized carbons (Fsp3) is 0.250. The minimum atomic E-state index is 0.711. The number of hydrogen-bond donors (Lipinski definition) is 1. The van der Waals surface area contributed by atoms with Gasteiger partial charge in [-0.15, -0.1) is 0 Å². The van der Waals surface area contributed by atoms with Gasteiger partial charge in [-0.2, -0.15) is 5.26 Å². The van der Waals surface area contributed by atoms with Crippen molar-refractivity contribution in [2.75, 3.05) is 23.4 Å². The standard InChI is InChI=1S/C12H13N3/c1-2-3-6-15-9-14-11-5-4-10(8-13)7-12(11)15/h2-5,7,14H,6,9H2,1H3. The monoisotopic (exact) mass is 199 g/mol. The van der Waals surface area contributed by atoms with Crippen LogP contribution in [0.3, 0.4) is 0 Å². The number of nitriles is 1. The maximum Gasteiger partial charge on any atom is 0.0992 e. The first-order valence-corrected chi connectivity index (χ1v) is 4.99. The molecule has 3 nitrogen and oxygen atoms in total. The van der Waals surface area contributed by atoms with Crippen LogP contribution in [-0.4, -0.2) is 13.2 Å². The highest BCUT2D eigenvalue weighted by Crippen LogP contribution is 2.31. The summed E-state index contributed by atoms with van der Waals surface area (Å²) in [6, 6.07) is 7.89. The highest BCUT2D eigenvalue weighted by atomic mass is 15.3. The van der Waals surface area contributed by atoms with Crippen molar-refractivity contribution in [3.8, 4) is 6.07 Å². The summed E-state index contributed by atoms with van der Waals surface area (Å²) >= 11 is 0. The summed E-state index contributed by atoms with van der Waals surface area (Å²) in [5, 5.41) is 12.1. The molecule has 0 amide bonds. The van der Waals surface area contributed by atoms with E-state index in [9.17, 15) is 0 Å². The Morgan fingerprint density at radius 2 is 2.47 bits per heavy atom. The molecule has 1 N–H and O–H groups in total. The fourth-order valence-corrected chi connectivity index (χ4v) is 1.67.